The predicted molar refractivity (Wildman–Crippen MR) is 122 cm³/mol. The zero-order valence-corrected chi connectivity index (χ0v) is 18.5. The average molecular weight is 420 g/mol. The predicted octanol–water partition coefficient (Wildman–Crippen LogP) is 7.05. The summed E-state index contributed by atoms with van der Waals surface area (Å²) in [5.41, 5.74) is 3.88. The maximum absolute atomic E-state index is 6.29. The molecule has 2 aromatic carbocycles. The Kier molecular flexibility index (Phi) is 5.90. The van der Waals surface area contributed by atoms with Gasteiger partial charge in [-0.2, -0.15) is 0 Å². The van der Waals surface area contributed by atoms with E-state index in [9.17, 15) is 0 Å². The summed E-state index contributed by atoms with van der Waals surface area (Å²) in [7, 11) is 0. The SMILES string of the molecule is CC[C@]1(C)C(=Nc2c(C)cccc2C)N=C(SC)N1c1ccc(Cl)c(Cl)c1. The molecule has 0 saturated heterocycles. The van der Waals surface area contributed by atoms with Crippen LogP contribution >= 0.6 is 35.0 Å². The zero-order chi connectivity index (χ0) is 19.8. The molecule has 1 aliphatic rings. The summed E-state index contributed by atoms with van der Waals surface area (Å²) in [6.07, 6.45) is 2.88. The first-order chi connectivity index (χ1) is 12.8. The van der Waals surface area contributed by atoms with E-state index in [1.165, 1.54) is 0 Å². The van der Waals surface area contributed by atoms with Crippen molar-refractivity contribution in [1.82, 2.24) is 0 Å². The Balaban J connectivity index is 2.16. The topological polar surface area (TPSA) is 28.0 Å². The zero-order valence-electron chi connectivity index (χ0n) is 16.2. The summed E-state index contributed by atoms with van der Waals surface area (Å²) >= 11 is 14.0. The lowest BCUT2D eigenvalue weighted by Gasteiger charge is -2.36. The van der Waals surface area contributed by atoms with Crippen molar-refractivity contribution in [1.29, 1.82) is 0 Å². The summed E-state index contributed by atoms with van der Waals surface area (Å²) in [6.45, 7) is 8.50. The number of para-hydroxylation sites is 1. The molecule has 0 aromatic heterocycles. The molecule has 0 fully saturated rings. The molecule has 0 unspecified atom stereocenters. The van der Waals surface area contributed by atoms with Gasteiger partial charge >= 0.3 is 0 Å². The second kappa shape index (κ2) is 7.86. The van der Waals surface area contributed by atoms with Gasteiger partial charge in [-0.1, -0.05) is 60.1 Å². The lowest BCUT2D eigenvalue weighted by Crippen LogP contribution is -2.48. The largest absolute Gasteiger partial charge is 0.308 e. The van der Waals surface area contributed by atoms with E-state index >= 15 is 0 Å². The van der Waals surface area contributed by atoms with Crippen LogP contribution < -0.4 is 4.90 Å². The van der Waals surface area contributed by atoms with Gasteiger partial charge < -0.3 is 4.90 Å². The third-order valence-electron chi connectivity index (χ3n) is 5.06. The molecule has 3 nitrogen and oxygen atoms in total. The monoisotopic (exact) mass is 419 g/mol. The van der Waals surface area contributed by atoms with E-state index in [4.69, 9.17) is 33.2 Å². The number of thioether (sulfide) groups is 1. The summed E-state index contributed by atoms with van der Waals surface area (Å²) in [6, 6.07) is 11.9. The number of halogens is 2. The quantitative estimate of drug-likeness (QED) is 0.532. The van der Waals surface area contributed by atoms with Gasteiger partial charge in [0.15, 0.2) is 11.0 Å². The molecular formula is C21H23Cl2N3S. The fourth-order valence-electron chi connectivity index (χ4n) is 3.28. The number of rotatable bonds is 3. The highest BCUT2D eigenvalue weighted by atomic mass is 35.5. The summed E-state index contributed by atoms with van der Waals surface area (Å²) in [5.74, 6) is 0.817. The molecule has 0 amide bonds. The molecule has 0 N–H and O–H groups in total. The number of benzene rings is 2. The molecule has 0 aliphatic carbocycles. The minimum Gasteiger partial charge on any atom is -0.308 e. The molecule has 0 radical (unpaired) electrons. The van der Waals surface area contributed by atoms with Gasteiger partial charge in [-0.05, 0) is 62.8 Å². The van der Waals surface area contributed by atoms with Crippen molar-refractivity contribution >= 4 is 57.3 Å². The van der Waals surface area contributed by atoms with Crippen molar-refractivity contribution in [3.63, 3.8) is 0 Å². The highest BCUT2D eigenvalue weighted by molar-refractivity contribution is 8.13. The van der Waals surface area contributed by atoms with E-state index < -0.39 is 0 Å². The summed E-state index contributed by atoms with van der Waals surface area (Å²) < 4.78 is 0. The number of nitrogens with zero attached hydrogens (tertiary/aromatic N) is 3. The van der Waals surface area contributed by atoms with Gasteiger partial charge in [-0.3, -0.25) is 0 Å². The van der Waals surface area contributed by atoms with Crippen LogP contribution in [0.1, 0.15) is 31.4 Å². The van der Waals surface area contributed by atoms with Crippen LogP contribution in [0.5, 0.6) is 0 Å². The molecule has 1 heterocycles. The Hall–Kier alpha value is -1.49. The molecule has 0 saturated carbocycles. The van der Waals surface area contributed by atoms with Crippen LogP contribution in [0.15, 0.2) is 46.4 Å². The first-order valence-electron chi connectivity index (χ1n) is 8.85. The van der Waals surface area contributed by atoms with Gasteiger partial charge in [-0.25, -0.2) is 9.98 Å². The molecular weight excluding hydrogens is 397 g/mol. The van der Waals surface area contributed by atoms with Crippen LogP contribution in [0.2, 0.25) is 10.0 Å². The Labute approximate surface area is 175 Å². The summed E-state index contributed by atoms with van der Waals surface area (Å²) in [5, 5.41) is 1.99. The Bertz CT molecular complexity index is 919. The van der Waals surface area contributed by atoms with Gasteiger partial charge in [0, 0.05) is 5.69 Å². The van der Waals surface area contributed by atoms with E-state index in [2.05, 4.69) is 50.8 Å². The van der Waals surface area contributed by atoms with Crippen molar-refractivity contribution in [3.05, 3.63) is 57.6 Å². The smallest absolute Gasteiger partial charge is 0.170 e. The normalized spacial score (nSPS) is 21.1. The van der Waals surface area contributed by atoms with Crippen molar-refractivity contribution in [2.45, 2.75) is 39.7 Å². The maximum atomic E-state index is 6.29. The van der Waals surface area contributed by atoms with Crippen LogP contribution in [0.3, 0.4) is 0 Å². The van der Waals surface area contributed by atoms with Crippen LogP contribution in [0, 0.1) is 13.8 Å². The Morgan fingerprint density at radius 1 is 1.11 bits per heavy atom. The van der Waals surface area contributed by atoms with Crippen LogP contribution in [0.4, 0.5) is 11.4 Å². The molecule has 27 heavy (non-hydrogen) atoms. The molecule has 0 spiro atoms. The van der Waals surface area contributed by atoms with Crippen molar-refractivity contribution < 1.29 is 0 Å². The number of hydrogen-bond acceptors (Lipinski definition) is 3. The van der Waals surface area contributed by atoms with Gasteiger partial charge in [-0.15, -0.1) is 0 Å². The van der Waals surface area contributed by atoms with Crippen molar-refractivity contribution in [3.8, 4) is 0 Å². The van der Waals surface area contributed by atoms with Crippen molar-refractivity contribution in [2.24, 2.45) is 9.98 Å². The molecule has 1 atom stereocenters. The van der Waals surface area contributed by atoms with Crippen LogP contribution in [-0.4, -0.2) is 22.8 Å². The highest BCUT2D eigenvalue weighted by Gasteiger charge is 2.44. The minimum atomic E-state index is -0.371. The minimum absolute atomic E-state index is 0.371. The molecule has 3 rings (SSSR count). The van der Waals surface area contributed by atoms with Crippen molar-refractivity contribution in [2.75, 3.05) is 11.2 Å². The molecule has 2 aromatic rings. The molecule has 1 aliphatic heterocycles. The van der Waals surface area contributed by atoms with E-state index in [0.29, 0.717) is 10.0 Å². The van der Waals surface area contributed by atoms with Gasteiger partial charge in [0.1, 0.15) is 5.54 Å². The first-order valence-corrected chi connectivity index (χ1v) is 10.8. The number of aliphatic imine (C=N–C) groups is 2. The third-order valence-corrected chi connectivity index (χ3v) is 6.44. The number of amidine groups is 2. The second-order valence-electron chi connectivity index (χ2n) is 6.84. The van der Waals surface area contributed by atoms with Gasteiger partial charge in [0.25, 0.3) is 0 Å². The second-order valence-corrected chi connectivity index (χ2v) is 8.42. The molecule has 0 bridgehead atoms. The molecule has 6 heteroatoms. The number of hydrogen-bond donors (Lipinski definition) is 0. The van der Waals surface area contributed by atoms with E-state index in [-0.39, 0.29) is 5.54 Å². The van der Waals surface area contributed by atoms with E-state index in [0.717, 1.165) is 39.9 Å². The number of aryl methyl sites for hydroxylation is 2. The van der Waals surface area contributed by atoms with Crippen LogP contribution in [-0.2, 0) is 0 Å². The first kappa shape index (κ1) is 20.2. The lowest BCUT2D eigenvalue weighted by molar-refractivity contribution is 0.605. The summed E-state index contributed by atoms with van der Waals surface area (Å²) in [4.78, 5) is 12.1. The average Bonchev–Trinajstić information content (AvgIpc) is 2.93. The van der Waals surface area contributed by atoms with Crippen LogP contribution in [0.25, 0.3) is 0 Å². The maximum Gasteiger partial charge on any atom is 0.170 e. The Morgan fingerprint density at radius 3 is 2.33 bits per heavy atom. The standard InChI is InChI=1S/C21H23Cl2N3S/c1-6-21(4)19(24-18-13(2)8-7-9-14(18)3)25-20(27-5)26(21)15-10-11-16(22)17(23)12-15/h7-12H,6H2,1-5H3/t21-/m1/s1. The van der Waals surface area contributed by atoms with E-state index in [1.807, 2.05) is 24.5 Å². The third kappa shape index (κ3) is 3.63. The Morgan fingerprint density at radius 2 is 1.78 bits per heavy atom. The lowest BCUT2D eigenvalue weighted by atomic mass is 9.95. The van der Waals surface area contributed by atoms with Gasteiger partial charge in [0.2, 0.25) is 0 Å². The van der Waals surface area contributed by atoms with Gasteiger partial charge in [0.05, 0.1) is 15.7 Å². The molecule has 142 valence electrons. The highest BCUT2D eigenvalue weighted by Crippen LogP contribution is 2.40. The van der Waals surface area contributed by atoms with E-state index in [1.54, 1.807) is 11.8 Å². The number of anilines is 1. The fraction of sp³-hybridized carbons (Fsp3) is 0.333. The fourth-order valence-corrected chi connectivity index (χ4v) is 4.24.